The van der Waals surface area contributed by atoms with Crippen molar-refractivity contribution in [3.05, 3.63) is 48.0 Å². The first-order valence-electron chi connectivity index (χ1n) is 12.7. The second kappa shape index (κ2) is 11.1. The quantitative estimate of drug-likeness (QED) is 0.317. The molecule has 0 aliphatic carbocycles. The van der Waals surface area contributed by atoms with Crippen LogP contribution in [0, 0.1) is 11.3 Å². The summed E-state index contributed by atoms with van der Waals surface area (Å²) >= 11 is 1.64. The van der Waals surface area contributed by atoms with Crippen molar-refractivity contribution >= 4 is 40.9 Å². The smallest absolute Gasteiger partial charge is 0.311 e. The van der Waals surface area contributed by atoms with Crippen molar-refractivity contribution in [2.45, 2.75) is 74.9 Å². The summed E-state index contributed by atoms with van der Waals surface area (Å²) in [6, 6.07) is 11.9. The molecule has 2 amide bonds. The minimum Gasteiger partial charge on any atom is -0.481 e. The second-order valence-electron chi connectivity index (χ2n) is 10.7. The third-order valence-electron chi connectivity index (χ3n) is 6.91. The molecule has 0 aromatic heterocycles. The highest BCUT2D eigenvalue weighted by Gasteiger charge is 2.45. The molecule has 0 bridgehead atoms. The van der Waals surface area contributed by atoms with Gasteiger partial charge in [-0.05, 0) is 69.4 Å². The number of fused-ring (bicyclic) bond motifs is 2. The Hall–Kier alpha value is -3.04. The molecule has 0 saturated carbocycles. The zero-order valence-corrected chi connectivity index (χ0v) is 22.5. The van der Waals surface area contributed by atoms with Gasteiger partial charge in [-0.3, -0.25) is 14.4 Å². The molecule has 1 fully saturated rings. The number of benzene rings is 2. The van der Waals surface area contributed by atoms with Gasteiger partial charge >= 0.3 is 5.97 Å². The van der Waals surface area contributed by atoms with Crippen LogP contribution >= 0.6 is 11.8 Å². The van der Waals surface area contributed by atoms with E-state index in [-0.39, 0.29) is 11.8 Å². The van der Waals surface area contributed by atoms with Crippen LogP contribution in [0.15, 0.2) is 52.3 Å². The molecule has 37 heavy (non-hydrogen) atoms. The molecule has 1 unspecified atom stereocenters. The summed E-state index contributed by atoms with van der Waals surface area (Å²) in [6.07, 6.45) is 1.51. The molecule has 2 aliphatic heterocycles. The van der Waals surface area contributed by atoms with Crippen molar-refractivity contribution in [2.75, 3.05) is 11.9 Å². The average Bonchev–Trinajstić information content (AvgIpc) is 3.39. The minimum atomic E-state index is -1.24. The lowest BCUT2D eigenvalue weighted by Crippen LogP contribution is -2.59. The van der Waals surface area contributed by atoms with Crippen molar-refractivity contribution in [1.29, 1.82) is 0 Å². The predicted octanol–water partition coefficient (Wildman–Crippen LogP) is 4.81. The maximum Gasteiger partial charge on any atom is 0.311 e. The van der Waals surface area contributed by atoms with Gasteiger partial charge in [-0.1, -0.05) is 37.7 Å². The maximum atomic E-state index is 13.5. The lowest BCUT2D eigenvalue weighted by Gasteiger charge is -2.36. The molecule has 0 radical (unpaired) electrons. The molecular formula is C28H35N3O5S. The van der Waals surface area contributed by atoms with Crippen LogP contribution in [0.4, 0.5) is 11.4 Å². The standard InChI is InChI=1S/C28H35N3O5S/c1-16(2)14-20(26(33)31-24(21-9-7-13-36-21)28(3,4)27(34)35)30-25(32)17-11-12-23-19(15-17)29-18-8-5-6-10-22(18)37-23/h5-6,8,10-12,15-16,20-21,24,29H,7,9,13-14H2,1-4H3,(H,30,32)(H,31,33)(H,34,35)/t20-,21?,24+/m0/s1. The molecule has 0 spiro atoms. The molecule has 198 valence electrons. The Labute approximate surface area is 221 Å². The molecular weight excluding hydrogens is 490 g/mol. The monoisotopic (exact) mass is 525 g/mol. The van der Waals surface area contributed by atoms with Crippen LogP contribution in [0.3, 0.4) is 0 Å². The predicted molar refractivity (Wildman–Crippen MR) is 143 cm³/mol. The Balaban J connectivity index is 1.51. The Kier molecular flexibility index (Phi) is 8.14. The molecule has 2 aromatic carbocycles. The van der Waals surface area contributed by atoms with Gasteiger partial charge in [-0.25, -0.2) is 0 Å². The van der Waals surface area contributed by atoms with E-state index in [9.17, 15) is 19.5 Å². The summed E-state index contributed by atoms with van der Waals surface area (Å²) in [6.45, 7) is 7.67. The number of rotatable bonds is 9. The van der Waals surface area contributed by atoms with Gasteiger partial charge in [0.2, 0.25) is 5.91 Å². The Morgan fingerprint density at radius 1 is 1.11 bits per heavy atom. The van der Waals surface area contributed by atoms with E-state index in [0.29, 0.717) is 25.0 Å². The Bertz CT molecular complexity index is 1180. The number of aliphatic carboxylic acids is 1. The third-order valence-corrected chi connectivity index (χ3v) is 8.06. The SMILES string of the molecule is CC(C)C[C@H](NC(=O)c1ccc2c(c1)Nc1ccccc1S2)C(=O)N[C@H](C1CCCO1)C(C)(C)C(=O)O. The number of ether oxygens (including phenoxy) is 1. The summed E-state index contributed by atoms with van der Waals surface area (Å²) < 4.78 is 5.77. The zero-order chi connectivity index (χ0) is 26.7. The van der Waals surface area contributed by atoms with Crippen LogP contribution in [0.25, 0.3) is 0 Å². The topological polar surface area (TPSA) is 117 Å². The Morgan fingerprint density at radius 2 is 1.84 bits per heavy atom. The van der Waals surface area contributed by atoms with E-state index in [1.54, 1.807) is 37.7 Å². The van der Waals surface area contributed by atoms with Gasteiger partial charge in [-0.2, -0.15) is 0 Å². The minimum absolute atomic E-state index is 0.128. The van der Waals surface area contributed by atoms with Crippen molar-refractivity contribution < 1.29 is 24.2 Å². The molecule has 2 aromatic rings. The normalized spacial score (nSPS) is 18.2. The number of anilines is 2. The fourth-order valence-electron chi connectivity index (χ4n) is 4.72. The van der Waals surface area contributed by atoms with E-state index in [1.807, 2.05) is 44.2 Å². The van der Waals surface area contributed by atoms with Gasteiger partial charge in [0.15, 0.2) is 0 Å². The number of hydrogen-bond donors (Lipinski definition) is 4. The summed E-state index contributed by atoms with van der Waals surface area (Å²) in [5, 5.41) is 19.0. The first-order valence-corrected chi connectivity index (χ1v) is 13.5. The second-order valence-corrected chi connectivity index (χ2v) is 11.7. The molecule has 3 atom stereocenters. The van der Waals surface area contributed by atoms with Gasteiger partial charge < -0.3 is 25.8 Å². The van der Waals surface area contributed by atoms with E-state index in [0.717, 1.165) is 27.6 Å². The van der Waals surface area contributed by atoms with Crippen molar-refractivity contribution in [1.82, 2.24) is 10.6 Å². The van der Waals surface area contributed by atoms with Crippen LogP contribution < -0.4 is 16.0 Å². The van der Waals surface area contributed by atoms with Crippen LogP contribution in [-0.2, 0) is 14.3 Å². The van der Waals surface area contributed by atoms with Gasteiger partial charge in [0, 0.05) is 22.0 Å². The molecule has 2 aliphatic rings. The molecule has 9 heteroatoms. The van der Waals surface area contributed by atoms with E-state index >= 15 is 0 Å². The number of amides is 2. The summed E-state index contributed by atoms with van der Waals surface area (Å²) in [5.74, 6) is -1.65. The largest absolute Gasteiger partial charge is 0.481 e. The van der Waals surface area contributed by atoms with Crippen LogP contribution in [0.2, 0.25) is 0 Å². The molecule has 2 heterocycles. The van der Waals surface area contributed by atoms with Gasteiger partial charge in [0.1, 0.15) is 6.04 Å². The number of para-hydroxylation sites is 1. The van der Waals surface area contributed by atoms with Crippen molar-refractivity contribution in [2.24, 2.45) is 11.3 Å². The van der Waals surface area contributed by atoms with Gasteiger partial charge in [0.25, 0.3) is 5.91 Å². The van der Waals surface area contributed by atoms with Gasteiger partial charge in [-0.15, -0.1) is 0 Å². The Morgan fingerprint density at radius 3 is 2.51 bits per heavy atom. The van der Waals surface area contributed by atoms with E-state index in [4.69, 9.17) is 4.74 Å². The molecule has 1 saturated heterocycles. The van der Waals surface area contributed by atoms with Crippen molar-refractivity contribution in [3.63, 3.8) is 0 Å². The molecule has 8 nitrogen and oxygen atoms in total. The molecule has 4 N–H and O–H groups in total. The highest BCUT2D eigenvalue weighted by Crippen LogP contribution is 2.44. The number of carboxylic acids is 1. The number of carbonyl (C=O) groups excluding carboxylic acids is 2. The number of carboxylic acid groups (broad SMARTS) is 1. The summed E-state index contributed by atoms with van der Waals surface area (Å²) in [4.78, 5) is 40.9. The van der Waals surface area contributed by atoms with Crippen molar-refractivity contribution in [3.8, 4) is 0 Å². The summed E-state index contributed by atoms with van der Waals surface area (Å²) in [5.41, 5.74) is 1.02. The third kappa shape index (κ3) is 6.10. The van der Waals surface area contributed by atoms with E-state index in [1.165, 1.54) is 0 Å². The van der Waals surface area contributed by atoms with E-state index in [2.05, 4.69) is 16.0 Å². The lowest BCUT2D eigenvalue weighted by atomic mass is 9.80. The average molecular weight is 526 g/mol. The fourth-order valence-corrected chi connectivity index (χ4v) is 5.68. The van der Waals surface area contributed by atoms with Crippen LogP contribution in [-0.4, -0.2) is 47.7 Å². The number of carbonyl (C=O) groups is 3. The first-order chi connectivity index (χ1) is 17.6. The van der Waals surface area contributed by atoms with Crippen LogP contribution in [0.1, 0.15) is 57.3 Å². The number of hydrogen-bond acceptors (Lipinski definition) is 6. The molecule has 4 rings (SSSR count). The highest BCUT2D eigenvalue weighted by molar-refractivity contribution is 7.99. The first kappa shape index (κ1) is 27.0. The summed E-state index contributed by atoms with van der Waals surface area (Å²) in [7, 11) is 0. The van der Waals surface area contributed by atoms with E-state index < -0.39 is 35.5 Å². The number of nitrogens with one attached hydrogen (secondary N) is 3. The van der Waals surface area contributed by atoms with Gasteiger partial charge in [0.05, 0.1) is 28.9 Å². The van der Waals surface area contributed by atoms with Crippen LogP contribution in [0.5, 0.6) is 0 Å². The maximum absolute atomic E-state index is 13.5. The zero-order valence-electron chi connectivity index (χ0n) is 21.7. The lowest BCUT2D eigenvalue weighted by molar-refractivity contribution is -0.151. The fraction of sp³-hybridized carbons (Fsp3) is 0.464. The highest BCUT2D eigenvalue weighted by atomic mass is 32.2.